The minimum absolute atomic E-state index is 0.000209. The summed E-state index contributed by atoms with van der Waals surface area (Å²) < 4.78 is 65.6. The molecule has 0 aliphatic heterocycles. The fourth-order valence-corrected chi connectivity index (χ4v) is 2.51. The minimum atomic E-state index is -5.08. The Kier molecular flexibility index (Phi) is 11.2. The molecule has 1 heterocycles. The van der Waals surface area contributed by atoms with Gasteiger partial charge in [0.05, 0.1) is 13.1 Å². The van der Waals surface area contributed by atoms with Gasteiger partial charge in [-0.25, -0.2) is 9.59 Å². The number of alkyl halides is 6. The summed E-state index contributed by atoms with van der Waals surface area (Å²) in [6, 6.07) is 0.283. The first-order valence-electron chi connectivity index (χ1n) is 9.08. The second-order valence-electron chi connectivity index (χ2n) is 6.82. The average molecular weight is 495 g/mol. The lowest BCUT2D eigenvalue weighted by molar-refractivity contribution is -0.193. The Morgan fingerprint density at radius 3 is 1.76 bits per heavy atom. The molecule has 2 rings (SSSR count). The van der Waals surface area contributed by atoms with Gasteiger partial charge in [-0.15, -0.1) is 10.2 Å². The van der Waals surface area contributed by atoms with Crippen molar-refractivity contribution in [3.05, 3.63) is 11.6 Å². The fourth-order valence-electron chi connectivity index (χ4n) is 2.51. The quantitative estimate of drug-likeness (QED) is 0.421. The lowest BCUT2D eigenvalue weighted by Crippen LogP contribution is -2.36. The lowest BCUT2D eigenvalue weighted by Gasteiger charge is -2.31. The summed E-state index contributed by atoms with van der Waals surface area (Å²) >= 11 is 0. The van der Waals surface area contributed by atoms with Crippen LogP contribution in [0, 0.1) is 0 Å². The molecule has 0 bridgehead atoms. The molecule has 11 nitrogen and oxygen atoms in total. The van der Waals surface area contributed by atoms with Crippen LogP contribution < -0.4 is 5.73 Å². The van der Waals surface area contributed by atoms with Crippen LogP contribution in [0.2, 0.25) is 0 Å². The molecule has 17 heteroatoms. The predicted molar refractivity (Wildman–Crippen MR) is 97.0 cm³/mol. The SMILES string of the molecule is CCn1c(CN(C)CC(=O)O)nnc1C1CC(N)C1.O=C(O)C(F)(F)F.O=C(O)C(F)(F)F. The van der Waals surface area contributed by atoms with E-state index in [1.165, 1.54) is 0 Å². The molecule has 0 saturated heterocycles. The van der Waals surface area contributed by atoms with Crippen molar-refractivity contribution in [2.45, 2.75) is 57.2 Å². The number of hydrogen-bond acceptors (Lipinski definition) is 7. The third kappa shape index (κ3) is 11.0. The van der Waals surface area contributed by atoms with E-state index in [1.807, 2.05) is 6.92 Å². The van der Waals surface area contributed by atoms with Crippen LogP contribution in [-0.4, -0.2) is 84.9 Å². The molecule has 0 aromatic carbocycles. The van der Waals surface area contributed by atoms with Crippen LogP contribution >= 0.6 is 0 Å². The average Bonchev–Trinajstić information content (AvgIpc) is 2.99. The van der Waals surface area contributed by atoms with Gasteiger partial charge in [-0.05, 0) is 26.8 Å². The summed E-state index contributed by atoms with van der Waals surface area (Å²) in [5, 5.41) is 31.5. The van der Waals surface area contributed by atoms with E-state index in [4.69, 9.17) is 30.6 Å². The maximum atomic E-state index is 10.7. The summed E-state index contributed by atoms with van der Waals surface area (Å²) in [4.78, 5) is 30.2. The van der Waals surface area contributed by atoms with E-state index in [2.05, 4.69) is 14.8 Å². The largest absolute Gasteiger partial charge is 0.490 e. The van der Waals surface area contributed by atoms with Crippen molar-refractivity contribution >= 4 is 17.9 Å². The standard InChI is InChI=1S/C12H21N5O2.2C2HF3O2/c1-3-17-10(6-16(2)7-11(18)19)14-15-12(17)8-4-9(13)5-8;2*3-2(4,5)1(6)7/h8-9H,3-7,13H2,1-2H3,(H,18,19);2*(H,6,7). The second-order valence-corrected chi connectivity index (χ2v) is 6.82. The van der Waals surface area contributed by atoms with Crippen LogP contribution in [0.15, 0.2) is 0 Å². The van der Waals surface area contributed by atoms with Gasteiger partial charge in [0.1, 0.15) is 11.6 Å². The number of halogens is 6. The molecule has 1 aromatic heterocycles. The molecule has 1 saturated carbocycles. The van der Waals surface area contributed by atoms with E-state index in [9.17, 15) is 31.1 Å². The third-order valence-corrected chi connectivity index (χ3v) is 4.01. The first-order chi connectivity index (χ1) is 14.9. The van der Waals surface area contributed by atoms with E-state index in [0.717, 1.165) is 31.0 Å². The summed E-state index contributed by atoms with van der Waals surface area (Å²) in [5.41, 5.74) is 5.81. The molecule has 0 atom stereocenters. The number of nitrogens with zero attached hydrogens (tertiary/aromatic N) is 4. The number of carbonyl (C=O) groups is 3. The highest BCUT2D eigenvalue weighted by Gasteiger charge is 2.39. The number of carboxylic acids is 3. The Morgan fingerprint density at radius 2 is 1.45 bits per heavy atom. The fraction of sp³-hybridized carbons (Fsp3) is 0.688. The zero-order valence-corrected chi connectivity index (χ0v) is 17.4. The molecule has 0 radical (unpaired) electrons. The summed E-state index contributed by atoms with van der Waals surface area (Å²) in [6.45, 7) is 3.34. The van der Waals surface area contributed by atoms with Crippen molar-refractivity contribution in [1.82, 2.24) is 19.7 Å². The normalized spacial score (nSPS) is 17.8. The number of carboxylic acid groups (broad SMARTS) is 3. The first-order valence-corrected chi connectivity index (χ1v) is 9.08. The number of nitrogens with two attached hydrogens (primary N) is 1. The molecule has 33 heavy (non-hydrogen) atoms. The van der Waals surface area contributed by atoms with Crippen LogP contribution in [0.25, 0.3) is 0 Å². The van der Waals surface area contributed by atoms with Gasteiger partial charge in [0.15, 0.2) is 0 Å². The number of aliphatic carboxylic acids is 3. The van der Waals surface area contributed by atoms with E-state index >= 15 is 0 Å². The van der Waals surface area contributed by atoms with Crippen molar-refractivity contribution < 1.29 is 56.0 Å². The van der Waals surface area contributed by atoms with Gasteiger partial charge in [0.25, 0.3) is 0 Å². The maximum Gasteiger partial charge on any atom is 0.490 e. The minimum Gasteiger partial charge on any atom is -0.480 e. The van der Waals surface area contributed by atoms with E-state index in [0.29, 0.717) is 12.5 Å². The van der Waals surface area contributed by atoms with Gasteiger partial charge in [-0.2, -0.15) is 26.3 Å². The van der Waals surface area contributed by atoms with Gasteiger partial charge < -0.3 is 25.6 Å². The topological polar surface area (TPSA) is 172 Å². The highest BCUT2D eigenvalue weighted by Crippen LogP contribution is 2.34. The zero-order chi connectivity index (χ0) is 26.1. The highest BCUT2D eigenvalue weighted by atomic mass is 19.4. The van der Waals surface area contributed by atoms with Crippen LogP contribution in [-0.2, 0) is 27.5 Å². The van der Waals surface area contributed by atoms with Crippen molar-refractivity contribution in [2.24, 2.45) is 5.73 Å². The Morgan fingerprint density at radius 1 is 1.03 bits per heavy atom. The second kappa shape index (κ2) is 12.3. The van der Waals surface area contributed by atoms with Gasteiger partial charge >= 0.3 is 30.3 Å². The van der Waals surface area contributed by atoms with Gasteiger partial charge in [0.2, 0.25) is 0 Å². The molecule has 1 aliphatic rings. The molecule has 1 aliphatic carbocycles. The van der Waals surface area contributed by atoms with Gasteiger partial charge in [-0.3, -0.25) is 9.69 Å². The first kappa shape index (κ1) is 30.0. The monoisotopic (exact) mass is 495 g/mol. The molecule has 0 spiro atoms. The predicted octanol–water partition coefficient (Wildman–Crippen LogP) is 1.29. The molecule has 190 valence electrons. The highest BCUT2D eigenvalue weighted by molar-refractivity contribution is 5.73. The summed E-state index contributed by atoms with van der Waals surface area (Å²) in [5.74, 6) is -4.14. The number of likely N-dealkylation sites (N-methyl/N-ethyl adjacent to an activating group) is 1. The number of hydrogen-bond donors (Lipinski definition) is 4. The van der Waals surface area contributed by atoms with Crippen molar-refractivity contribution in [3.8, 4) is 0 Å². The molecule has 1 fully saturated rings. The summed E-state index contributed by atoms with van der Waals surface area (Å²) in [7, 11) is 1.77. The number of rotatable bonds is 6. The van der Waals surface area contributed by atoms with Crippen LogP contribution in [0.4, 0.5) is 26.3 Å². The molecule has 1 aromatic rings. The third-order valence-electron chi connectivity index (χ3n) is 4.01. The molecular weight excluding hydrogens is 472 g/mol. The molecular formula is C16H23F6N5O6. The maximum absolute atomic E-state index is 10.7. The van der Waals surface area contributed by atoms with Gasteiger partial charge in [-0.1, -0.05) is 0 Å². The van der Waals surface area contributed by atoms with E-state index in [1.54, 1.807) is 11.9 Å². The zero-order valence-electron chi connectivity index (χ0n) is 17.4. The smallest absolute Gasteiger partial charge is 0.480 e. The molecule has 0 unspecified atom stereocenters. The van der Waals surface area contributed by atoms with Crippen molar-refractivity contribution in [3.63, 3.8) is 0 Å². The van der Waals surface area contributed by atoms with Crippen LogP contribution in [0.3, 0.4) is 0 Å². The Labute approximate surface area is 182 Å². The van der Waals surface area contributed by atoms with Crippen molar-refractivity contribution in [1.29, 1.82) is 0 Å². The number of aromatic nitrogens is 3. The van der Waals surface area contributed by atoms with Crippen molar-refractivity contribution in [2.75, 3.05) is 13.6 Å². The lowest BCUT2D eigenvalue weighted by atomic mass is 9.80. The Bertz CT molecular complexity index is 783. The molecule has 0 amide bonds. The van der Waals surface area contributed by atoms with E-state index < -0.39 is 30.3 Å². The molecule has 5 N–H and O–H groups in total. The Hall–Kier alpha value is -2.95. The summed E-state index contributed by atoms with van der Waals surface area (Å²) in [6.07, 6.45) is -8.24. The van der Waals surface area contributed by atoms with Crippen LogP contribution in [0.1, 0.15) is 37.3 Å². The van der Waals surface area contributed by atoms with E-state index in [-0.39, 0.29) is 12.6 Å². The Balaban J connectivity index is 0.000000605. The van der Waals surface area contributed by atoms with Gasteiger partial charge in [0, 0.05) is 18.5 Å². The van der Waals surface area contributed by atoms with Crippen LogP contribution in [0.5, 0.6) is 0 Å².